The van der Waals surface area contributed by atoms with Gasteiger partial charge in [0, 0.05) is 0 Å². The van der Waals surface area contributed by atoms with Gasteiger partial charge in [0.05, 0.1) is 25.4 Å². The summed E-state index contributed by atoms with van der Waals surface area (Å²) in [5.41, 5.74) is 0. The van der Waals surface area contributed by atoms with Gasteiger partial charge in [-0.3, -0.25) is 4.79 Å². The summed E-state index contributed by atoms with van der Waals surface area (Å²) in [4.78, 5) is 13.1. The van der Waals surface area contributed by atoms with Gasteiger partial charge in [0.2, 0.25) is 5.91 Å². The van der Waals surface area contributed by atoms with Crippen LogP contribution in [0.15, 0.2) is 36.5 Å². The Hall–Kier alpha value is -1.67. The molecule has 0 spiro atoms. The molecule has 11 nitrogen and oxygen atoms in total. The van der Waals surface area contributed by atoms with Gasteiger partial charge in [0.15, 0.2) is 6.29 Å². The van der Waals surface area contributed by atoms with E-state index in [-0.39, 0.29) is 12.8 Å². The number of amides is 1. The minimum atomic E-state index is -1.67. The van der Waals surface area contributed by atoms with Crippen molar-refractivity contribution in [2.45, 2.75) is 326 Å². The maximum Gasteiger partial charge on any atom is 0.249 e. The summed E-state index contributed by atoms with van der Waals surface area (Å²) in [6, 6.07) is -1.19. The van der Waals surface area contributed by atoms with Gasteiger partial charge in [-0.15, -0.1) is 0 Å². The predicted octanol–water partition coefficient (Wildman–Crippen LogP) is 12.7. The number of aliphatic hydroxyl groups excluding tert-OH is 7. The van der Waals surface area contributed by atoms with Crippen LogP contribution < -0.4 is 5.32 Å². The highest BCUT2D eigenvalue weighted by Crippen LogP contribution is 2.23. The molecule has 1 aliphatic rings. The molecule has 9 unspecified atom stereocenters. The van der Waals surface area contributed by atoms with E-state index in [4.69, 9.17) is 9.47 Å². The van der Waals surface area contributed by atoms with Gasteiger partial charge in [-0.1, -0.05) is 243 Å². The molecule has 1 rings (SSSR count). The largest absolute Gasteiger partial charge is 0.394 e. The molecule has 0 aromatic heterocycles. The molecular formula is C60H113NO10. The van der Waals surface area contributed by atoms with E-state index >= 15 is 0 Å². The van der Waals surface area contributed by atoms with Gasteiger partial charge in [0.25, 0.3) is 0 Å². The Labute approximate surface area is 435 Å². The van der Waals surface area contributed by atoms with Crippen molar-refractivity contribution < 1.29 is 50.0 Å². The SMILES string of the molecule is CCCCCCCCCCCCCCCCCCC/C=C/CC/C=C/CC/C=C/CCCC(O)C(O)C(COC1OC(CO)C(O)C(O)C1O)NC(=O)C(O)CCCCCCCCCCCCCCCC. The van der Waals surface area contributed by atoms with E-state index in [9.17, 15) is 40.5 Å². The van der Waals surface area contributed by atoms with Gasteiger partial charge in [-0.2, -0.15) is 0 Å². The van der Waals surface area contributed by atoms with E-state index in [1.54, 1.807) is 0 Å². The second-order valence-corrected chi connectivity index (χ2v) is 21.0. The van der Waals surface area contributed by atoms with Gasteiger partial charge >= 0.3 is 0 Å². The van der Waals surface area contributed by atoms with Crippen molar-refractivity contribution in [2.75, 3.05) is 13.2 Å². The average Bonchev–Trinajstić information content (AvgIpc) is 3.37. The minimum Gasteiger partial charge on any atom is -0.394 e. The number of aliphatic hydroxyl groups is 7. The molecule has 1 saturated heterocycles. The lowest BCUT2D eigenvalue weighted by Gasteiger charge is -2.40. The van der Waals surface area contributed by atoms with Crippen LogP contribution in [0.5, 0.6) is 0 Å². The molecule has 0 saturated carbocycles. The molecule has 418 valence electrons. The molecule has 11 heteroatoms. The zero-order valence-corrected chi connectivity index (χ0v) is 45.7. The van der Waals surface area contributed by atoms with Crippen LogP contribution in [0.4, 0.5) is 0 Å². The van der Waals surface area contributed by atoms with E-state index in [1.165, 1.54) is 180 Å². The zero-order valence-electron chi connectivity index (χ0n) is 45.7. The summed E-state index contributed by atoms with van der Waals surface area (Å²) in [5, 5.41) is 76.0. The first-order valence-corrected chi connectivity index (χ1v) is 29.9. The van der Waals surface area contributed by atoms with Crippen LogP contribution in [-0.4, -0.2) is 110 Å². The monoisotopic (exact) mass is 1010 g/mol. The van der Waals surface area contributed by atoms with Gasteiger partial charge in [-0.25, -0.2) is 0 Å². The van der Waals surface area contributed by atoms with Crippen LogP contribution in [0, 0.1) is 0 Å². The third kappa shape index (κ3) is 37.7. The average molecular weight is 1010 g/mol. The molecule has 1 heterocycles. The summed E-state index contributed by atoms with van der Waals surface area (Å²) >= 11 is 0. The van der Waals surface area contributed by atoms with Crippen molar-refractivity contribution in [3.63, 3.8) is 0 Å². The van der Waals surface area contributed by atoms with Crippen LogP contribution in [-0.2, 0) is 14.3 Å². The van der Waals surface area contributed by atoms with Crippen molar-refractivity contribution in [1.29, 1.82) is 0 Å². The number of carbonyl (C=O) groups is 1. The fraction of sp³-hybridized carbons (Fsp3) is 0.883. The quantitative estimate of drug-likeness (QED) is 0.0215. The standard InChI is InChI=1S/C60H113NO10/c1-3-5-7-9-11-13-15-17-19-20-21-22-23-24-25-26-27-28-29-30-31-32-33-34-36-37-39-41-43-45-47-52(63)55(65)51(50-70-60-58(68)57(67)56(66)54(49-62)71-60)61-59(69)53(64)48-46-44-42-40-38-35-18-16-14-12-10-8-6-4-2/h29-30,33-34,39,41,51-58,60,62-68H,3-28,31-32,35-38,40,42-50H2,1-2H3,(H,61,69)/b30-29+,34-33+,41-39+. The third-order valence-electron chi connectivity index (χ3n) is 14.4. The molecule has 1 aliphatic heterocycles. The maximum absolute atomic E-state index is 13.1. The summed E-state index contributed by atoms with van der Waals surface area (Å²) < 4.78 is 11.1. The minimum absolute atomic E-state index is 0.243. The van der Waals surface area contributed by atoms with E-state index in [0.717, 1.165) is 44.9 Å². The van der Waals surface area contributed by atoms with Crippen LogP contribution >= 0.6 is 0 Å². The summed E-state index contributed by atoms with van der Waals surface area (Å²) in [6.07, 6.45) is 49.3. The second kappa shape index (κ2) is 49.2. The maximum atomic E-state index is 13.1. The lowest BCUT2D eigenvalue weighted by Crippen LogP contribution is -2.60. The molecule has 1 fully saturated rings. The van der Waals surface area contributed by atoms with E-state index in [2.05, 4.69) is 55.6 Å². The first-order chi connectivity index (χ1) is 34.7. The highest BCUT2D eigenvalue weighted by Gasteiger charge is 2.44. The van der Waals surface area contributed by atoms with Crippen LogP contribution in [0.1, 0.15) is 271 Å². The Morgan fingerprint density at radius 2 is 0.845 bits per heavy atom. The highest BCUT2D eigenvalue weighted by atomic mass is 16.7. The van der Waals surface area contributed by atoms with Crippen LogP contribution in [0.3, 0.4) is 0 Å². The number of hydrogen-bond donors (Lipinski definition) is 8. The second-order valence-electron chi connectivity index (χ2n) is 21.0. The van der Waals surface area contributed by atoms with E-state index in [1.807, 2.05) is 0 Å². The van der Waals surface area contributed by atoms with Crippen molar-refractivity contribution in [3.8, 4) is 0 Å². The van der Waals surface area contributed by atoms with E-state index in [0.29, 0.717) is 19.3 Å². The topological polar surface area (TPSA) is 189 Å². The lowest BCUT2D eigenvalue weighted by atomic mass is 9.98. The fourth-order valence-electron chi connectivity index (χ4n) is 9.53. The number of carbonyl (C=O) groups excluding carboxylic acids is 1. The normalized spacial score (nSPS) is 20.4. The smallest absolute Gasteiger partial charge is 0.249 e. The molecular weight excluding hydrogens is 895 g/mol. The van der Waals surface area contributed by atoms with Crippen molar-refractivity contribution in [2.24, 2.45) is 0 Å². The van der Waals surface area contributed by atoms with Gasteiger partial charge < -0.3 is 50.5 Å². The molecule has 71 heavy (non-hydrogen) atoms. The number of allylic oxidation sites excluding steroid dienone is 6. The fourth-order valence-corrected chi connectivity index (χ4v) is 9.53. The first-order valence-electron chi connectivity index (χ1n) is 29.9. The highest BCUT2D eigenvalue weighted by molar-refractivity contribution is 5.80. The number of ether oxygens (including phenoxy) is 2. The Kier molecular flexibility index (Phi) is 46.7. The van der Waals surface area contributed by atoms with Crippen molar-refractivity contribution in [3.05, 3.63) is 36.5 Å². The Bertz CT molecular complexity index is 1250. The molecule has 8 N–H and O–H groups in total. The van der Waals surface area contributed by atoms with Gasteiger partial charge in [0.1, 0.15) is 36.6 Å². The molecule has 0 radical (unpaired) electrons. The van der Waals surface area contributed by atoms with Crippen LogP contribution in [0.25, 0.3) is 0 Å². The number of rotatable bonds is 51. The lowest BCUT2D eigenvalue weighted by molar-refractivity contribution is -0.303. The molecule has 0 bridgehead atoms. The number of unbranched alkanes of at least 4 members (excludes halogenated alkanes) is 33. The first kappa shape index (κ1) is 67.3. The Morgan fingerprint density at radius 3 is 1.25 bits per heavy atom. The number of hydrogen-bond acceptors (Lipinski definition) is 10. The van der Waals surface area contributed by atoms with Crippen LogP contribution in [0.2, 0.25) is 0 Å². The summed E-state index contributed by atoms with van der Waals surface area (Å²) in [7, 11) is 0. The molecule has 0 aromatic carbocycles. The molecule has 1 amide bonds. The molecule has 9 atom stereocenters. The zero-order chi connectivity index (χ0) is 51.8. The third-order valence-corrected chi connectivity index (χ3v) is 14.4. The Morgan fingerprint density at radius 1 is 0.479 bits per heavy atom. The molecule has 0 aliphatic carbocycles. The van der Waals surface area contributed by atoms with E-state index < -0.39 is 74.2 Å². The van der Waals surface area contributed by atoms with Crippen molar-refractivity contribution >= 4 is 5.91 Å². The molecule has 0 aromatic rings. The van der Waals surface area contributed by atoms with Crippen molar-refractivity contribution in [1.82, 2.24) is 5.32 Å². The summed E-state index contributed by atoms with van der Waals surface area (Å²) in [5.74, 6) is -0.710. The summed E-state index contributed by atoms with van der Waals surface area (Å²) in [6.45, 7) is 3.45. The number of nitrogens with one attached hydrogen (secondary N) is 1. The Balaban J connectivity index is 2.29. The van der Waals surface area contributed by atoms with Gasteiger partial charge in [-0.05, 0) is 64.2 Å². The predicted molar refractivity (Wildman–Crippen MR) is 293 cm³/mol.